The highest BCUT2D eigenvalue weighted by Gasteiger charge is 2.17. The molecule has 6 nitrogen and oxygen atoms in total. The Balaban J connectivity index is 2.19. The third-order valence-electron chi connectivity index (χ3n) is 2.60. The van der Waals surface area contributed by atoms with Crippen LogP contribution in [0.2, 0.25) is 0 Å². The van der Waals surface area contributed by atoms with E-state index in [2.05, 4.69) is 4.98 Å². The summed E-state index contributed by atoms with van der Waals surface area (Å²) in [4.78, 5) is 14.2. The average Bonchev–Trinajstić information content (AvgIpc) is 2.46. The van der Waals surface area contributed by atoms with Crippen molar-refractivity contribution in [2.75, 3.05) is 0 Å². The van der Waals surface area contributed by atoms with Gasteiger partial charge in [-0.05, 0) is 39.7 Å². The Kier molecular flexibility index (Phi) is 3.91. The summed E-state index contributed by atoms with van der Waals surface area (Å²) < 4.78 is 5.43. The minimum Gasteiger partial charge on any atom is -0.481 e. The zero-order valence-corrected chi connectivity index (χ0v) is 10.7. The zero-order chi connectivity index (χ0) is 14.5. The molecule has 6 heteroatoms. The number of aryl methyl sites for hydroxylation is 1. The summed E-state index contributed by atoms with van der Waals surface area (Å²) in [7, 11) is 0. The first-order valence-electron chi connectivity index (χ1n) is 5.84. The Bertz CT molecular complexity index is 692. The van der Waals surface area contributed by atoms with Crippen LogP contribution in [0.4, 0.5) is 5.82 Å². The standard InChI is InChI=1S/C14H11N3O3/c1-10-5-6-13(14(16-10)17(18)19)20-9-12-4-2-3-11(7-12)8-15/h2-7H,9H2,1H3. The predicted octanol–water partition coefficient (Wildman–Crippen LogP) is 2.75. The van der Waals surface area contributed by atoms with Crippen molar-refractivity contribution in [2.45, 2.75) is 13.5 Å². The van der Waals surface area contributed by atoms with Gasteiger partial charge in [0.2, 0.25) is 5.75 Å². The van der Waals surface area contributed by atoms with Crippen molar-refractivity contribution in [3.63, 3.8) is 0 Å². The van der Waals surface area contributed by atoms with Crippen LogP contribution in [0, 0.1) is 28.4 Å². The van der Waals surface area contributed by atoms with E-state index in [9.17, 15) is 10.1 Å². The van der Waals surface area contributed by atoms with E-state index in [1.807, 2.05) is 6.07 Å². The molecule has 0 radical (unpaired) electrons. The van der Waals surface area contributed by atoms with Crippen molar-refractivity contribution in [1.29, 1.82) is 5.26 Å². The number of hydrogen-bond acceptors (Lipinski definition) is 5. The highest BCUT2D eigenvalue weighted by atomic mass is 16.6. The van der Waals surface area contributed by atoms with Gasteiger partial charge >= 0.3 is 5.82 Å². The van der Waals surface area contributed by atoms with Gasteiger partial charge in [-0.2, -0.15) is 5.26 Å². The van der Waals surface area contributed by atoms with E-state index in [-0.39, 0.29) is 18.2 Å². The van der Waals surface area contributed by atoms with Gasteiger partial charge in [-0.1, -0.05) is 12.1 Å². The summed E-state index contributed by atoms with van der Waals surface area (Å²) >= 11 is 0. The van der Waals surface area contributed by atoms with E-state index in [0.29, 0.717) is 11.3 Å². The van der Waals surface area contributed by atoms with Gasteiger partial charge in [-0.3, -0.25) is 0 Å². The van der Waals surface area contributed by atoms with Crippen LogP contribution in [-0.2, 0) is 6.61 Å². The number of nitrogens with zero attached hydrogens (tertiary/aromatic N) is 3. The van der Waals surface area contributed by atoms with E-state index in [1.54, 1.807) is 37.3 Å². The van der Waals surface area contributed by atoms with Crippen LogP contribution in [0.25, 0.3) is 0 Å². The lowest BCUT2D eigenvalue weighted by molar-refractivity contribution is -0.390. The van der Waals surface area contributed by atoms with Gasteiger partial charge in [0.1, 0.15) is 12.3 Å². The summed E-state index contributed by atoms with van der Waals surface area (Å²) in [6, 6.07) is 12.1. The van der Waals surface area contributed by atoms with Crippen molar-refractivity contribution < 1.29 is 9.66 Å². The molecule has 0 bridgehead atoms. The monoisotopic (exact) mass is 269 g/mol. The van der Waals surface area contributed by atoms with Gasteiger partial charge in [0, 0.05) is 6.92 Å². The first-order valence-corrected chi connectivity index (χ1v) is 5.84. The summed E-state index contributed by atoms with van der Waals surface area (Å²) in [6.45, 7) is 1.81. The number of nitro groups is 1. The maximum absolute atomic E-state index is 10.9. The van der Waals surface area contributed by atoms with E-state index in [0.717, 1.165) is 5.56 Å². The molecule has 0 N–H and O–H groups in total. The largest absolute Gasteiger partial charge is 0.481 e. The Labute approximate surface area is 115 Å². The molecule has 0 aliphatic carbocycles. The molecule has 0 saturated carbocycles. The third kappa shape index (κ3) is 3.09. The maximum Gasteiger partial charge on any atom is 0.406 e. The molecule has 100 valence electrons. The number of rotatable bonds is 4. The molecule has 2 rings (SSSR count). The van der Waals surface area contributed by atoms with Crippen molar-refractivity contribution in [3.05, 3.63) is 63.3 Å². The molecule has 0 aliphatic heterocycles. The second kappa shape index (κ2) is 5.80. The summed E-state index contributed by atoms with van der Waals surface area (Å²) in [5.41, 5.74) is 1.83. The highest BCUT2D eigenvalue weighted by Crippen LogP contribution is 2.25. The minimum absolute atomic E-state index is 0.114. The van der Waals surface area contributed by atoms with Gasteiger partial charge in [0.15, 0.2) is 0 Å². The number of benzene rings is 1. The lowest BCUT2D eigenvalue weighted by atomic mass is 10.1. The number of ether oxygens (including phenoxy) is 1. The molecule has 0 aliphatic rings. The van der Waals surface area contributed by atoms with Gasteiger partial charge in [-0.15, -0.1) is 0 Å². The molecule has 20 heavy (non-hydrogen) atoms. The Morgan fingerprint density at radius 2 is 2.20 bits per heavy atom. The van der Waals surface area contributed by atoms with Crippen LogP contribution in [0.15, 0.2) is 36.4 Å². The average molecular weight is 269 g/mol. The van der Waals surface area contributed by atoms with Crippen LogP contribution in [0.3, 0.4) is 0 Å². The predicted molar refractivity (Wildman–Crippen MR) is 71.1 cm³/mol. The molecular weight excluding hydrogens is 258 g/mol. The summed E-state index contributed by atoms with van der Waals surface area (Å²) in [5.74, 6) is -0.190. The lowest BCUT2D eigenvalue weighted by Crippen LogP contribution is -2.01. The van der Waals surface area contributed by atoms with Gasteiger partial charge < -0.3 is 14.9 Å². The minimum atomic E-state index is -0.575. The van der Waals surface area contributed by atoms with Crippen molar-refractivity contribution in [1.82, 2.24) is 4.98 Å². The first-order chi connectivity index (χ1) is 9.60. The quantitative estimate of drug-likeness (QED) is 0.628. The number of pyridine rings is 1. The second-order valence-corrected chi connectivity index (χ2v) is 4.13. The van der Waals surface area contributed by atoms with Gasteiger partial charge in [-0.25, -0.2) is 0 Å². The Morgan fingerprint density at radius 1 is 1.40 bits per heavy atom. The number of nitriles is 1. The van der Waals surface area contributed by atoms with Gasteiger partial charge in [0.05, 0.1) is 11.6 Å². The third-order valence-corrected chi connectivity index (χ3v) is 2.60. The van der Waals surface area contributed by atoms with Crippen LogP contribution >= 0.6 is 0 Å². The topological polar surface area (TPSA) is 89.0 Å². The highest BCUT2D eigenvalue weighted by molar-refractivity contribution is 5.40. The van der Waals surface area contributed by atoms with Crippen LogP contribution < -0.4 is 4.74 Å². The first kappa shape index (κ1) is 13.5. The summed E-state index contributed by atoms with van der Waals surface area (Å²) in [5, 5.41) is 19.7. The fourth-order valence-corrected chi connectivity index (χ4v) is 1.67. The molecule has 1 heterocycles. The molecule has 0 fully saturated rings. The fourth-order valence-electron chi connectivity index (χ4n) is 1.67. The van der Waals surface area contributed by atoms with Gasteiger partial charge in [0.25, 0.3) is 0 Å². The molecule has 0 saturated heterocycles. The smallest absolute Gasteiger partial charge is 0.406 e. The Hall–Kier alpha value is -2.94. The second-order valence-electron chi connectivity index (χ2n) is 4.13. The summed E-state index contributed by atoms with van der Waals surface area (Å²) in [6.07, 6.45) is 0. The fraction of sp³-hybridized carbons (Fsp3) is 0.143. The molecule has 0 spiro atoms. The maximum atomic E-state index is 10.9. The molecule has 0 unspecified atom stereocenters. The van der Waals surface area contributed by atoms with Crippen molar-refractivity contribution in [2.24, 2.45) is 0 Å². The number of hydrogen-bond donors (Lipinski definition) is 0. The molecule has 0 amide bonds. The van der Waals surface area contributed by atoms with Crippen LogP contribution in [0.5, 0.6) is 5.75 Å². The van der Waals surface area contributed by atoms with E-state index in [4.69, 9.17) is 10.00 Å². The van der Waals surface area contributed by atoms with Crippen LogP contribution in [-0.4, -0.2) is 9.91 Å². The molecule has 2 aromatic rings. The molecular formula is C14H11N3O3. The van der Waals surface area contributed by atoms with Crippen LogP contribution in [0.1, 0.15) is 16.8 Å². The molecule has 1 aromatic heterocycles. The lowest BCUT2D eigenvalue weighted by Gasteiger charge is -2.06. The Morgan fingerprint density at radius 3 is 2.90 bits per heavy atom. The van der Waals surface area contributed by atoms with E-state index in [1.165, 1.54) is 6.07 Å². The number of aromatic nitrogens is 1. The molecule has 1 aromatic carbocycles. The SMILES string of the molecule is Cc1ccc(OCc2cccc(C#N)c2)c([N+](=O)[O-])n1. The normalized spacial score (nSPS) is 9.80. The van der Waals surface area contributed by atoms with E-state index >= 15 is 0 Å². The van der Waals surface area contributed by atoms with Crippen molar-refractivity contribution >= 4 is 5.82 Å². The van der Waals surface area contributed by atoms with E-state index < -0.39 is 4.92 Å². The van der Waals surface area contributed by atoms with Crippen molar-refractivity contribution in [3.8, 4) is 11.8 Å². The molecule has 0 atom stereocenters. The zero-order valence-electron chi connectivity index (χ0n) is 10.7.